The maximum atomic E-state index is 13.2. The SMILES string of the molecule is O=C(CCc1cccc(F)c1)N1CCN(S(=O)(=O)C2CCCC2)CC1. The quantitative estimate of drug-likeness (QED) is 0.800. The lowest BCUT2D eigenvalue weighted by Crippen LogP contribution is -2.52. The molecule has 0 atom stereocenters. The molecule has 1 saturated heterocycles. The van der Waals surface area contributed by atoms with Gasteiger partial charge in [0.05, 0.1) is 5.25 Å². The molecule has 0 N–H and O–H groups in total. The highest BCUT2D eigenvalue weighted by atomic mass is 32.2. The molecule has 3 rings (SSSR count). The fourth-order valence-corrected chi connectivity index (χ4v) is 5.71. The maximum absolute atomic E-state index is 13.2. The molecular weight excluding hydrogens is 343 g/mol. The number of benzene rings is 1. The lowest BCUT2D eigenvalue weighted by molar-refractivity contribution is -0.132. The van der Waals surface area contributed by atoms with Crippen molar-refractivity contribution in [1.82, 2.24) is 9.21 Å². The average Bonchev–Trinajstić information content (AvgIpc) is 3.15. The molecule has 138 valence electrons. The minimum absolute atomic E-state index is 0.00201. The van der Waals surface area contributed by atoms with Crippen LogP contribution in [0.2, 0.25) is 0 Å². The Kier molecular flexibility index (Phi) is 5.74. The van der Waals surface area contributed by atoms with Crippen molar-refractivity contribution in [1.29, 1.82) is 0 Å². The lowest BCUT2D eigenvalue weighted by atomic mass is 10.1. The second-order valence-electron chi connectivity index (χ2n) is 6.86. The van der Waals surface area contributed by atoms with E-state index in [1.165, 1.54) is 12.1 Å². The molecule has 1 aromatic carbocycles. The Morgan fingerprint density at radius 1 is 1.12 bits per heavy atom. The highest BCUT2D eigenvalue weighted by Crippen LogP contribution is 2.27. The average molecular weight is 368 g/mol. The zero-order valence-corrected chi connectivity index (χ0v) is 15.2. The largest absolute Gasteiger partial charge is 0.340 e. The summed E-state index contributed by atoms with van der Waals surface area (Å²) in [7, 11) is -3.22. The van der Waals surface area contributed by atoms with Crippen LogP contribution in [0.4, 0.5) is 4.39 Å². The summed E-state index contributed by atoms with van der Waals surface area (Å²) in [4.78, 5) is 14.1. The van der Waals surface area contributed by atoms with Crippen LogP contribution in [0, 0.1) is 5.82 Å². The van der Waals surface area contributed by atoms with Crippen molar-refractivity contribution in [3.63, 3.8) is 0 Å². The van der Waals surface area contributed by atoms with Crippen LogP contribution in [0.25, 0.3) is 0 Å². The number of piperazine rings is 1. The van der Waals surface area contributed by atoms with Gasteiger partial charge in [-0.25, -0.2) is 12.8 Å². The lowest BCUT2D eigenvalue weighted by Gasteiger charge is -2.35. The van der Waals surface area contributed by atoms with E-state index < -0.39 is 10.0 Å². The van der Waals surface area contributed by atoms with E-state index in [4.69, 9.17) is 0 Å². The molecular formula is C18H25FN2O3S. The smallest absolute Gasteiger partial charge is 0.222 e. The van der Waals surface area contributed by atoms with Gasteiger partial charge in [-0.05, 0) is 37.0 Å². The summed E-state index contributed by atoms with van der Waals surface area (Å²) in [5.41, 5.74) is 0.802. The van der Waals surface area contributed by atoms with Crippen LogP contribution in [0.3, 0.4) is 0 Å². The van der Waals surface area contributed by atoms with Crippen molar-refractivity contribution in [2.75, 3.05) is 26.2 Å². The summed E-state index contributed by atoms with van der Waals surface area (Å²) < 4.78 is 39.9. The van der Waals surface area contributed by atoms with Crippen LogP contribution in [0.1, 0.15) is 37.7 Å². The Labute approximate surface area is 148 Å². The van der Waals surface area contributed by atoms with E-state index in [1.54, 1.807) is 15.3 Å². The third kappa shape index (κ3) is 4.39. The van der Waals surface area contributed by atoms with E-state index in [0.29, 0.717) is 39.0 Å². The predicted molar refractivity (Wildman–Crippen MR) is 94.0 cm³/mol. The number of nitrogens with zero attached hydrogens (tertiary/aromatic N) is 2. The Balaban J connectivity index is 1.49. The Morgan fingerprint density at radius 2 is 1.80 bits per heavy atom. The molecule has 0 radical (unpaired) electrons. The maximum Gasteiger partial charge on any atom is 0.222 e. The van der Waals surface area contributed by atoms with E-state index in [2.05, 4.69) is 0 Å². The molecule has 1 heterocycles. The molecule has 1 aliphatic heterocycles. The predicted octanol–water partition coefficient (Wildman–Crippen LogP) is 2.17. The Bertz CT molecular complexity index is 709. The molecule has 0 spiro atoms. The number of hydrogen-bond donors (Lipinski definition) is 0. The van der Waals surface area contributed by atoms with Crippen molar-refractivity contribution in [3.8, 4) is 0 Å². The molecule has 5 nitrogen and oxygen atoms in total. The summed E-state index contributed by atoms with van der Waals surface area (Å²) in [5, 5.41) is -0.234. The first kappa shape index (κ1) is 18.3. The summed E-state index contributed by atoms with van der Waals surface area (Å²) in [6, 6.07) is 6.28. The third-order valence-electron chi connectivity index (χ3n) is 5.19. The van der Waals surface area contributed by atoms with E-state index in [1.807, 2.05) is 6.07 Å². The van der Waals surface area contributed by atoms with Gasteiger partial charge >= 0.3 is 0 Å². The van der Waals surface area contributed by atoms with Gasteiger partial charge in [-0.2, -0.15) is 4.31 Å². The molecule has 2 fully saturated rings. The van der Waals surface area contributed by atoms with E-state index in [0.717, 1.165) is 31.2 Å². The monoisotopic (exact) mass is 368 g/mol. The molecule has 1 amide bonds. The van der Waals surface area contributed by atoms with Crippen molar-refractivity contribution in [2.24, 2.45) is 0 Å². The Hall–Kier alpha value is -1.47. The second kappa shape index (κ2) is 7.83. The zero-order chi connectivity index (χ0) is 17.9. The molecule has 1 saturated carbocycles. The number of rotatable bonds is 5. The normalized spacial score (nSPS) is 20.1. The van der Waals surface area contributed by atoms with Crippen molar-refractivity contribution in [3.05, 3.63) is 35.6 Å². The molecule has 0 unspecified atom stereocenters. The van der Waals surface area contributed by atoms with Gasteiger partial charge in [0.2, 0.25) is 15.9 Å². The summed E-state index contributed by atoms with van der Waals surface area (Å²) in [6.45, 7) is 1.64. The first-order valence-corrected chi connectivity index (χ1v) is 10.5. The van der Waals surface area contributed by atoms with Gasteiger partial charge in [-0.15, -0.1) is 0 Å². The molecule has 1 aliphatic carbocycles. The van der Waals surface area contributed by atoms with Crippen molar-refractivity contribution < 1.29 is 17.6 Å². The summed E-state index contributed by atoms with van der Waals surface area (Å²) in [6.07, 6.45) is 4.31. The van der Waals surface area contributed by atoms with E-state index >= 15 is 0 Å². The highest BCUT2D eigenvalue weighted by Gasteiger charge is 2.36. The number of halogens is 1. The van der Waals surface area contributed by atoms with Gasteiger partial charge in [0.15, 0.2) is 0 Å². The standard InChI is InChI=1S/C18H25FN2O3S/c19-16-5-3-4-15(14-16)8-9-18(22)20-10-12-21(13-11-20)25(23,24)17-6-1-2-7-17/h3-5,14,17H,1-2,6-13H2. The van der Waals surface area contributed by atoms with Gasteiger partial charge in [0.1, 0.15) is 5.82 Å². The van der Waals surface area contributed by atoms with Crippen LogP contribution in [-0.4, -0.2) is 55.0 Å². The van der Waals surface area contributed by atoms with Crippen LogP contribution in [0.15, 0.2) is 24.3 Å². The minimum Gasteiger partial charge on any atom is -0.340 e. The summed E-state index contributed by atoms with van der Waals surface area (Å²) >= 11 is 0. The number of amides is 1. The molecule has 0 aromatic heterocycles. The van der Waals surface area contributed by atoms with Gasteiger partial charge in [-0.3, -0.25) is 4.79 Å². The van der Waals surface area contributed by atoms with Crippen molar-refractivity contribution >= 4 is 15.9 Å². The van der Waals surface area contributed by atoms with E-state index in [-0.39, 0.29) is 17.0 Å². The second-order valence-corrected chi connectivity index (χ2v) is 9.07. The molecule has 0 bridgehead atoms. The zero-order valence-electron chi connectivity index (χ0n) is 14.4. The van der Waals surface area contributed by atoms with Gasteiger partial charge < -0.3 is 4.90 Å². The number of carbonyl (C=O) groups excluding carboxylic acids is 1. The van der Waals surface area contributed by atoms with Crippen molar-refractivity contribution in [2.45, 2.75) is 43.8 Å². The van der Waals surface area contributed by atoms with Gasteiger partial charge in [0, 0.05) is 32.6 Å². The van der Waals surface area contributed by atoms with E-state index in [9.17, 15) is 17.6 Å². The fraction of sp³-hybridized carbons (Fsp3) is 0.611. The Morgan fingerprint density at radius 3 is 2.44 bits per heavy atom. The number of carbonyl (C=O) groups is 1. The number of aryl methyl sites for hydroxylation is 1. The number of sulfonamides is 1. The molecule has 25 heavy (non-hydrogen) atoms. The van der Waals surface area contributed by atoms with Crippen LogP contribution in [0.5, 0.6) is 0 Å². The first-order chi connectivity index (χ1) is 12.0. The molecule has 7 heteroatoms. The van der Waals surface area contributed by atoms with Crippen LogP contribution in [-0.2, 0) is 21.2 Å². The van der Waals surface area contributed by atoms with Crippen LogP contribution < -0.4 is 0 Å². The van der Waals surface area contributed by atoms with Gasteiger partial charge in [0.25, 0.3) is 0 Å². The van der Waals surface area contributed by atoms with Gasteiger partial charge in [-0.1, -0.05) is 25.0 Å². The highest BCUT2D eigenvalue weighted by molar-refractivity contribution is 7.89. The third-order valence-corrected chi connectivity index (χ3v) is 7.59. The van der Waals surface area contributed by atoms with Crippen LogP contribution >= 0.6 is 0 Å². The number of hydrogen-bond acceptors (Lipinski definition) is 3. The first-order valence-electron chi connectivity index (χ1n) is 8.98. The molecule has 2 aliphatic rings. The minimum atomic E-state index is -3.22. The topological polar surface area (TPSA) is 57.7 Å². The summed E-state index contributed by atoms with van der Waals surface area (Å²) in [5.74, 6) is -0.294. The molecule has 1 aromatic rings. The fourth-order valence-electron chi connectivity index (χ4n) is 3.69.